The summed E-state index contributed by atoms with van der Waals surface area (Å²) in [6, 6.07) is 0. The topological polar surface area (TPSA) is 91.5 Å². The molecule has 0 aromatic heterocycles. The first-order valence-corrected chi connectivity index (χ1v) is 21.1. The molecule has 0 amide bonds. The maximum Gasteiger partial charge on any atom is 0.662 e. The molecule has 0 fully saturated rings. The highest BCUT2D eigenvalue weighted by molar-refractivity contribution is 5.83. The Hall–Kier alpha value is -1.66. The van der Waals surface area contributed by atoms with E-state index in [-0.39, 0.29) is 0 Å². The molecule has 0 saturated heterocycles. The summed E-state index contributed by atoms with van der Waals surface area (Å²) in [6.45, 7) is 6.13. The minimum atomic E-state index is -0.417. The molecule has 6 heteroatoms. The van der Waals surface area contributed by atoms with Crippen LogP contribution in [0.1, 0.15) is 219 Å². The predicted molar refractivity (Wildman–Crippen MR) is 203 cm³/mol. The van der Waals surface area contributed by atoms with Crippen LogP contribution in [-0.2, 0) is 19.3 Å². The van der Waals surface area contributed by atoms with E-state index < -0.39 is 11.9 Å². The molecule has 0 saturated carbocycles. The number of carbonyl (C=O) groups is 2. The van der Waals surface area contributed by atoms with Gasteiger partial charge >= 0.3 is 11.9 Å². The molecule has 0 unspecified atom stereocenters. The van der Waals surface area contributed by atoms with Gasteiger partial charge < -0.3 is 0 Å². The minimum Gasteiger partial charge on any atom is -0.0846 e. The molecule has 0 rings (SSSR count). The lowest BCUT2D eigenvalue weighted by Gasteiger charge is -2.03. The van der Waals surface area contributed by atoms with E-state index >= 15 is 0 Å². The van der Waals surface area contributed by atoms with Crippen LogP contribution in [0.5, 0.6) is 0 Å². The summed E-state index contributed by atoms with van der Waals surface area (Å²) in [5.41, 5.74) is 3.20. The number of nitrogens with two attached hydrogens (primary N) is 2. The average Bonchev–Trinajstić information content (AvgIpc) is 3.09. The molecule has 280 valence electrons. The molecule has 2 radical (unpaired) electrons. The van der Waals surface area contributed by atoms with E-state index in [2.05, 4.69) is 13.8 Å². The standard InChI is InChI=1S/C42H80N2O4/c1-3-5-7-9-11-13-15-17-19-21-23-25-27-29-31-35-39-43-47-41(45)37-33-34-38-42(46)48-44-40-36-32-30-28-26-24-22-20-18-16-14-12-10-8-6-4-2/h33-34,37-38,43-44H,3-32,35-36,39-40H2,1-2H3/q+2/p+2/b37-33-,38-34+. The average molecular weight is 679 g/mol. The number of hydroxylamine groups is 2. The molecule has 4 N–H and O–H groups in total. The van der Waals surface area contributed by atoms with Gasteiger partial charge in [-0.3, -0.25) is 0 Å². The van der Waals surface area contributed by atoms with Crippen molar-refractivity contribution in [3.8, 4) is 0 Å². The van der Waals surface area contributed by atoms with E-state index in [1.807, 2.05) is 0 Å². The molecular formula is C42H82N2O4+4. The lowest BCUT2D eigenvalue weighted by atomic mass is 10.0. The van der Waals surface area contributed by atoms with Crippen molar-refractivity contribution in [3.63, 3.8) is 0 Å². The SMILES string of the molecule is CCCCCCCCCCCCCCCCCC[NH2+]OC(=[O+])/C=C\C=C\C(=[O+])O[NH2+]CCCCCCCCCCCCCCCCCC. The van der Waals surface area contributed by atoms with E-state index in [0.29, 0.717) is 0 Å². The first-order chi connectivity index (χ1) is 23.7. The van der Waals surface area contributed by atoms with Crippen molar-refractivity contribution in [2.24, 2.45) is 0 Å². The van der Waals surface area contributed by atoms with Gasteiger partial charge in [0.2, 0.25) is 0 Å². The van der Waals surface area contributed by atoms with Crippen LogP contribution in [0.15, 0.2) is 24.3 Å². The lowest BCUT2D eigenvalue weighted by molar-refractivity contribution is -0.871. The molecule has 0 aromatic carbocycles. The molecule has 6 nitrogen and oxygen atoms in total. The highest BCUT2D eigenvalue weighted by Gasteiger charge is 2.17. The molecule has 48 heavy (non-hydrogen) atoms. The van der Waals surface area contributed by atoms with E-state index in [0.717, 1.165) is 25.9 Å². The Morgan fingerprint density at radius 1 is 0.354 bits per heavy atom. The van der Waals surface area contributed by atoms with Gasteiger partial charge in [0, 0.05) is 12.8 Å². The Bertz CT molecular complexity index is 664. The molecule has 0 bridgehead atoms. The smallest absolute Gasteiger partial charge is 0.0846 e. The van der Waals surface area contributed by atoms with Crippen molar-refractivity contribution in [2.45, 2.75) is 219 Å². The maximum atomic E-state index is 11.8. The third-order valence-corrected chi connectivity index (χ3v) is 9.33. The van der Waals surface area contributed by atoms with Gasteiger partial charge in [-0.1, -0.05) is 214 Å². The largest absolute Gasteiger partial charge is 0.662 e. The Morgan fingerprint density at radius 2 is 0.562 bits per heavy atom. The van der Waals surface area contributed by atoms with Gasteiger partial charge in [0.25, 0.3) is 0 Å². The van der Waals surface area contributed by atoms with Gasteiger partial charge in [0.05, 0.1) is 9.59 Å². The predicted octanol–water partition coefficient (Wildman–Crippen LogP) is 10.7. The van der Waals surface area contributed by atoms with Gasteiger partial charge in [0.1, 0.15) is 25.2 Å². The van der Waals surface area contributed by atoms with Crippen LogP contribution in [0.3, 0.4) is 0 Å². The zero-order chi connectivity index (χ0) is 34.9. The summed E-state index contributed by atoms with van der Waals surface area (Å²) in [5, 5.41) is 0. The molecule has 0 heterocycles. The zero-order valence-corrected chi connectivity index (χ0v) is 32.1. The molecular weight excluding hydrogens is 596 g/mol. The number of hydrogen-bond donors (Lipinski definition) is 2. The lowest BCUT2D eigenvalue weighted by Crippen LogP contribution is -2.84. The summed E-state index contributed by atoms with van der Waals surface area (Å²) in [5.74, 6) is -0.834. The van der Waals surface area contributed by atoms with E-state index in [9.17, 15) is 9.59 Å². The second kappa shape index (κ2) is 41.5. The first-order valence-electron chi connectivity index (χ1n) is 21.1. The number of hydrogen-bond acceptors (Lipinski definition) is 4. The fourth-order valence-electron chi connectivity index (χ4n) is 6.18. The van der Waals surface area contributed by atoms with Crippen LogP contribution >= 0.6 is 0 Å². The van der Waals surface area contributed by atoms with Gasteiger partial charge in [0.15, 0.2) is 0 Å². The summed E-state index contributed by atoms with van der Waals surface area (Å²) in [4.78, 5) is 33.9. The van der Waals surface area contributed by atoms with E-state index in [1.165, 1.54) is 217 Å². The summed E-state index contributed by atoms with van der Waals surface area (Å²) < 4.78 is 0. The third-order valence-electron chi connectivity index (χ3n) is 9.33. The van der Waals surface area contributed by atoms with Gasteiger partial charge in [-0.25, -0.2) is 0 Å². The number of carbonyl (C=O) groups excluding carboxylic acids is 2. The molecule has 0 spiro atoms. The molecule has 0 aliphatic heterocycles. The number of rotatable bonds is 39. The van der Waals surface area contributed by atoms with Crippen molar-refractivity contribution in [1.82, 2.24) is 0 Å². The highest BCUT2D eigenvalue weighted by atomic mass is 16.7. The van der Waals surface area contributed by atoms with Crippen molar-refractivity contribution >= 4 is 11.9 Å². The van der Waals surface area contributed by atoms with Crippen LogP contribution in [0.25, 0.3) is 0 Å². The Labute approximate surface area is 298 Å². The van der Waals surface area contributed by atoms with Crippen molar-refractivity contribution < 1.29 is 30.2 Å². The van der Waals surface area contributed by atoms with Crippen LogP contribution in [0.2, 0.25) is 0 Å². The Kier molecular flexibility index (Phi) is 40.1. The number of unbranched alkanes of at least 4 members (excludes halogenated alkanes) is 30. The summed E-state index contributed by atoms with van der Waals surface area (Å²) >= 11 is 0. The second-order valence-electron chi connectivity index (χ2n) is 14.1. The second-order valence-corrected chi connectivity index (χ2v) is 14.1. The van der Waals surface area contributed by atoms with Crippen LogP contribution in [0, 0.1) is 0 Å². The quantitative estimate of drug-likeness (QED) is 0.0222. The first kappa shape index (κ1) is 46.3. The van der Waals surface area contributed by atoms with Crippen molar-refractivity contribution in [1.29, 1.82) is 0 Å². The summed E-state index contributed by atoms with van der Waals surface area (Å²) in [6.07, 6.45) is 48.9. The summed E-state index contributed by atoms with van der Waals surface area (Å²) in [7, 11) is 0. The maximum absolute atomic E-state index is 11.8. The molecule has 0 aliphatic carbocycles. The van der Waals surface area contributed by atoms with Crippen LogP contribution in [-0.4, -0.2) is 25.0 Å². The number of quaternary nitrogens is 2. The van der Waals surface area contributed by atoms with E-state index in [1.54, 1.807) is 11.0 Å². The number of allylic oxidation sites excluding steroid dienone is 2. The van der Waals surface area contributed by atoms with Crippen LogP contribution in [0.4, 0.5) is 0 Å². The normalized spacial score (nSPS) is 11.6. The van der Waals surface area contributed by atoms with Gasteiger partial charge in [-0.15, -0.1) is 0 Å². The highest BCUT2D eigenvalue weighted by Crippen LogP contribution is 2.15. The monoisotopic (exact) mass is 679 g/mol. The Balaban J connectivity index is 3.37. The minimum absolute atomic E-state index is 0.417. The van der Waals surface area contributed by atoms with Crippen molar-refractivity contribution in [3.05, 3.63) is 24.3 Å². The third kappa shape index (κ3) is 40.5. The molecule has 0 aliphatic rings. The fraction of sp³-hybridized carbons (Fsp3) is 0.857. The fourth-order valence-corrected chi connectivity index (χ4v) is 6.18. The van der Waals surface area contributed by atoms with Crippen molar-refractivity contribution in [2.75, 3.05) is 13.1 Å². The van der Waals surface area contributed by atoms with E-state index in [4.69, 9.17) is 9.68 Å². The zero-order valence-electron chi connectivity index (χ0n) is 32.1. The Morgan fingerprint density at radius 3 is 0.792 bits per heavy atom. The molecule has 0 aromatic rings. The van der Waals surface area contributed by atoms with Crippen LogP contribution < -0.4 is 11.0 Å². The molecule has 0 atom stereocenters. The van der Waals surface area contributed by atoms with Gasteiger partial charge in [-0.2, -0.15) is 0 Å². The van der Waals surface area contributed by atoms with Gasteiger partial charge in [-0.05, 0) is 25.0 Å².